The highest BCUT2D eigenvalue weighted by atomic mass is 32.2. The maximum absolute atomic E-state index is 12.5. The zero-order valence-corrected chi connectivity index (χ0v) is 19.2. The molecule has 1 amide bonds. The van der Waals surface area contributed by atoms with Gasteiger partial charge in [-0.15, -0.1) is 16.4 Å². The number of benzene rings is 1. The molecule has 1 aromatic carbocycles. The molecule has 0 saturated carbocycles. The number of carbonyl (C=O) groups is 1. The number of nitrogens with zero attached hydrogens (tertiary/aromatic N) is 5. The number of rotatable bonds is 7. The van der Waals surface area contributed by atoms with Crippen molar-refractivity contribution < 1.29 is 13.2 Å². The van der Waals surface area contributed by atoms with Crippen molar-refractivity contribution in [1.82, 2.24) is 24.5 Å². The maximum atomic E-state index is 12.5. The lowest BCUT2D eigenvalue weighted by Crippen LogP contribution is -2.30. The van der Waals surface area contributed by atoms with E-state index in [4.69, 9.17) is 0 Å². The molecule has 170 valence electrons. The Morgan fingerprint density at radius 2 is 1.85 bits per heavy atom. The molecule has 0 fully saturated rings. The first-order chi connectivity index (χ1) is 15.7. The zero-order valence-electron chi connectivity index (χ0n) is 17.6. The Labute approximate surface area is 192 Å². The quantitative estimate of drug-likeness (QED) is 0.407. The summed E-state index contributed by atoms with van der Waals surface area (Å²) >= 11 is 1.16. The predicted molar refractivity (Wildman–Crippen MR) is 123 cm³/mol. The number of hydrogen-bond donors (Lipinski definition) is 2. The molecule has 0 bridgehead atoms. The van der Waals surface area contributed by atoms with Gasteiger partial charge >= 0.3 is 0 Å². The topological polar surface area (TPSA) is 141 Å². The molecule has 3 aromatic heterocycles. The Morgan fingerprint density at radius 1 is 1.09 bits per heavy atom. The molecular weight excluding hydrogens is 466 g/mol. The second-order valence-electron chi connectivity index (χ2n) is 7.04. The number of thiazole rings is 1. The molecule has 2 N–H and O–H groups in total. The Hall–Kier alpha value is -3.84. The molecule has 0 radical (unpaired) electrons. The van der Waals surface area contributed by atoms with E-state index in [2.05, 4.69) is 25.2 Å². The van der Waals surface area contributed by atoms with Gasteiger partial charge in [0.05, 0.1) is 10.6 Å². The SMILES string of the molecule is Cc1cc(C)n(-c2ccc(=O)n(CC(=O)Nc3ccc(S(=O)(=O)Nc4nccs4)cc3)n2)n1. The normalized spacial score (nSPS) is 11.3. The fourth-order valence-electron chi connectivity index (χ4n) is 3.03. The molecule has 4 aromatic rings. The van der Waals surface area contributed by atoms with E-state index in [9.17, 15) is 18.0 Å². The van der Waals surface area contributed by atoms with E-state index in [1.165, 1.54) is 42.6 Å². The van der Waals surface area contributed by atoms with Gasteiger partial charge in [0.2, 0.25) is 5.91 Å². The molecule has 0 saturated heterocycles. The Kier molecular flexibility index (Phi) is 6.07. The van der Waals surface area contributed by atoms with E-state index in [1.807, 2.05) is 19.9 Å². The van der Waals surface area contributed by atoms with Crippen LogP contribution in [0.1, 0.15) is 11.4 Å². The lowest BCUT2D eigenvalue weighted by atomic mass is 10.3. The lowest BCUT2D eigenvalue weighted by molar-refractivity contribution is -0.117. The van der Waals surface area contributed by atoms with Crippen LogP contribution in [0.4, 0.5) is 10.8 Å². The van der Waals surface area contributed by atoms with Crippen LogP contribution in [-0.2, 0) is 21.4 Å². The van der Waals surface area contributed by atoms with Gasteiger partial charge in [0, 0.05) is 29.0 Å². The summed E-state index contributed by atoms with van der Waals surface area (Å²) in [5.74, 6) is -0.0816. The van der Waals surface area contributed by atoms with E-state index in [0.29, 0.717) is 11.5 Å². The highest BCUT2D eigenvalue weighted by molar-refractivity contribution is 7.93. The first kappa shape index (κ1) is 22.4. The van der Waals surface area contributed by atoms with Crippen LogP contribution in [0.3, 0.4) is 0 Å². The Morgan fingerprint density at radius 3 is 2.48 bits per heavy atom. The molecule has 4 rings (SSSR count). The highest BCUT2D eigenvalue weighted by Gasteiger charge is 2.16. The number of hydrogen-bond acceptors (Lipinski definition) is 8. The van der Waals surface area contributed by atoms with Crippen molar-refractivity contribution >= 4 is 38.1 Å². The van der Waals surface area contributed by atoms with Crippen molar-refractivity contribution in [1.29, 1.82) is 0 Å². The van der Waals surface area contributed by atoms with Gasteiger partial charge < -0.3 is 5.32 Å². The van der Waals surface area contributed by atoms with Crippen molar-refractivity contribution in [3.8, 4) is 5.82 Å². The number of aromatic nitrogens is 5. The summed E-state index contributed by atoms with van der Waals surface area (Å²) < 4.78 is 29.8. The Bertz CT molecular complexity index is 1460. The highest BCUT2D eigenvalue weighted by Crippen LogP contribution is 2.19. The van der Waals surface area contributed by atoms with Crippen LogP contribution in [0.15, 0.2) is 63.7 Å². The minimum atomic E-state index is -3.79. The van der Waals surface area contributed by atoms with Gasteiger partial charge in [0.15, 0.2) is 10.9 Å². The van der Waals surface area contributed by atoms with E-state index >= 15 is 0 Å². The summed E-state index contributed by atoms with van der Waals surface area (Å²) in [6.45, 7) is 3.39. The Balaban J connectivity index is 1.45. The van der Waals surface area contributed by atoms with E-state index in [1.54, 1.807) is 10.1 Å². The molecule has 13 heteroatoms. The average molecular weight is 486 g/mol. The van der Waals surface area contributed by atoms with Gasteiger partial charge in [-0.05, 0) is 50.2 Å². The summed E-state index contributed by atoms with van der Waals surface area (Å²) in [5, 5.41) is 13.1. The van der Waals surface area contributed by atoms with Crippen molar-refractivity contribution in [3.63, 3.8) is 0 Å². The smallest absolute Gasteiger partial charge is 0.267 e. The zero-order chi connectivity index (χ0) is 23.6. The second kappa shape index (κ2) is 8.96. The molecule has 0 aliphatic heterocycles. The van der Waals surface area contributed by atoms with Crippen LogP contribution in [0.25, 0.3) is 5.82 Å². The van der Waals surface area contributed by atoms with Crippen LogP contribution in [-0.4, -0.2) is 38.9 Å². The van der Waals surface area contributed by atoms with Crippen LogP contribution in [0, 0.1) is 13.8 Å². The van der Waals surface area contributed by atoms with Crippen LogP contribution >= 0.6 is 11.3 Å². The first-order valence-corrected chi connectivity index (χ1v) is 12.0. The van der Waals surface area contributed by atoms with Crippen molar-refractivity contribution in [2.45, 2.75) is 25.3 Å². The largest absolute Gasteiger partial charge is 0.324 e. The van der Waals surface area contributed by atoms with Crippen molar-refractivity contribution in [3.05, 3.63) is 75.8 Å². The number of amides is 1. The predicted octanol–water partition coefficient (Wildman–Crippen LogP) is 1.94. The minimum Gasteiger partial charge on any atom is -0.324 e. The van der Waals surface area contributed by atoms with Gasteiger partial charge in [-0.2, -0.15) is 5.10 Å². The standard InChI is InChI=1S/C20H19N7O4S2/c1-13-11-14(2)27(23-13)17-7-8-19(29)26(24-17)12-18(28)22-15-3-5-16(6-4-15)33(30,31)25-20-21-9-10-32-20/h3-11H,12H2,1-2H3,(H,21,25)(H,22,28). The van der Waals surface area contributed by atoms with Gasteiger partial charge in [-0.3, -0.25) is 14.3 Å². The number of aryl methyl sites for hydroxylation is 2. The molecule has 0 spiro atoms. The van der Waals surface area contributed by atoms with Crippen LogP contribution in [0.2, 0.25) is 0 Å². The molecule has 3 heterocycles. The van der Waals surface area contributed by atoms with Gasteiger partial charge in [0.1, 0.15) is 6.54 Å². The third-order valence-electron chi connectivity index (χ3n) is 4.47. The maximum Gasteiger partial charge on any atom is 0.267 e. The molecule has 0 unspecified atom stereocenters. The van der Waals surface area contributed by atoms with Gasteiger partial charge in [-0.1, -0.05) is 0 Å². The fraction of sp³-hybridized carbons (Fsp3) is 0.150. The van der Waals surface area contributed by atoms with Crippen LogP contribution < -0.4 is 15.6 Å². The molecule has 0 atom stereocenters. The summed E-state index contributed by atoms with van der Waals surface area (Å²) in [6.07, 6.45) is 1.49. The molecule has 0 aliphatic carbocycles. The minimum absolute atomic E-state index is 0.0196. The summed E-state index contributed by atoms with van der Waals surface area (Å²) in [6, 6.07) is 10.4. The number of carbonyl (C=O) groups excluding carboxylic acids is 1. The molecule has 11 nitrogen and oxygen atoms in total. The monoisotopic (exact) mass is 485 g/mol. The van der Waals surface area contributed by atoms with Crippen molar-refractivity contribution in [2.75, 3.05) is 10.0 Å². The lowest BCUT2D eigenvalue weighted by Gasteiger charge is -2.10. The average Bonchev–Trinajstić information content (AvgIpc) is 3.38. The molecule has 33 heavy (non-hydrogen) atoms. The second-order valence-corrected chi connectivity index (χ2v) is 9.62. The number of anilines is 2. The summed E-state index contributed by atoms with van der Waals surface area (Å²) in [7, 11) is -3.79. The van der Waals surface area contributed by atoms with Crippen LogP contribution in [0.5, 0.6) is 0 Å². The molecular formula is C20H19N7O4S2. The first-order valence-electron chi connectivity index (χ1n) is 9.65. The number of nitrogens with one attached hydrogen (secondary N) is 2. The molecule has 0 aliphatic rings. The van der Waals surface area contributed by atoms with E-state index in [0.717, 1.165) is 27.4 Å². The van der Waals surface area contributed by atoms with Gasteiger partial charge in [-0.25, -0.2) is 22.8 Å². The van der Waals surface area contributed by atoms with Gasteiger partial charge in [0.25, 0.3) is 15.6 Å². The third-order valence-corrected chi connectivity index (χ3v) is 6.65. The van der Waals surface area contributed by atoms with E-state index < -0.39 is 21.5 Å². The number of sulfonamides is 1. The fourth-order valence-corrected chi connectivity index (χ4v) is 4.82. The van der Waals surface area contributed by atoms with Crippen molar-refractivity contribution in [2.24, 2.45) is 0 Å². The van der Waals surface area contributed by atoms with E-state index in [-0.39, 0.29) is 16.6 Å². The third kappa shape index (κ3) is 5.15. The summed E-state index contributed by atoms with van der Waals surface area (Å²) in [4.78, 5) is 28.6. The summed E-state index contributed by atoms with van der Waals surface area (Å²) in [5.41, 5.74) is 1.58.